The van der Waals surface area contributed by atoms with Crippen LogP contribution in [0.25, 0.3) is 0 Å². The summed E-state index contributed by atoms with van der Waals surface area (Å²) in [5.41, 5.74) is 0.275. The third-order valence-electron chi connectivity index (χ3n) is 3.03. The predicted octanol–water partition coefficient (Wildman–Crippen LogP) is 0.209. The van der Waals surface area contributed by atoms with Gasteiger partial charge in [-0.05, 0) is 13.3 Å². The molecule has 9 nitrogen and oxygen atoms in total. The van der Waals surface area contributed by atoms with E-state index in [0.29, 0.717) is 12.2 Å². The highest BCUT2D eigenvalue weighted by molar-refractivity contribution is 7.89. The van der Waals surface area contributed by atoms with Gasteiger partial charge in [0.25, 0.3) is 5.69 Å². The van der Waals surface area contributed by atoms with E-state index in [4.69, 9.17) is 4.74 Å². The molecule has 0 heterocycles. The lowest BCUT2D eigenvalue weighted by Gasteiger charge is -2.08. The minimum absolute atomic E-state index is 0.00573. The summed E-state index contributed by atoms with van der Waals surface area (Å²) in [5, 5.41) is 13.6. The second-order valence-corrected chi connectivity index (χ2v) is 6.76. The average Bonchev–Trinajstić information content (AvgIpc) is 2.53. The fourth-order valence-corrected chi connectivity index (χ4v) is 2.96. The first-order chi connectivity index (χ1) is 11.4. The van der Waals surface area contributed by atoms with E-state index in [-0.39, 0.29) is 37.5 Å². The minimum Gasteiger partial charge on any atom is -0.465 e. The Labute approximate surface area is 140 Å². The Bertz CT molecular complexity index is 662. The van der Waals surface area contributed by atoms with E-state index in [0.717, 1.165) is 0 Å². The molecule has 0 aliphatic carbocycles. The number of benzene rings is 1. The molecule has 0 aromatic heterocycles. The fraction of sp³-hybridized carbons (Fsp3) is 0.500. The molecule has 0 saturated carbocycles. The molecule has 2 N–H and O–H groups in total. The van der Waals surface area contributed by atoms with Crippen molar-refractivity contribution in [2.45, 2.75) is 13.3 Å². The molecule has 0 spiro atoms. The van der Waals surface area contributed by atoms with E-state index in [9.17, 15) is 23.3 Å². The van der Waals surface area contributed by atoms with E-state index in [1.165, 1.54) is 18.2 Å². The zero-order valence-electron chi connectivity index (χ0n) is 13.4. The number of rotatable bonds is 11. The highest BCUT2D eigenvalue weighted by Gasteiger charge is 2.16. The van der Waals surface area contributed by atoms with Gasteiger partial charge < -0.3 is 10.1 Å². The lowest BCUT2D eigenvalue weighted by Crippen LogP contribution is -2.35. The number of nitro groups is 1. The Morgan fingerprint density at radius 1 is 1.29 bits per heavy atom. The molecule has 24 heavy (non-hydrogen) atoms. The molecule has 0 aliphatic heterocycles. The van der Waals surface area contributed by atoms with Gasteiger partial charge in [-0.15, -0.1) is 0 Å². The van der Waals surface area contributed by atoms with Crippen LogP contribution >= 0.6 is 0 Å². The highest BCUT2D eigenvalue weighted by atomic mass is 32.2. The number of aryl methyl sites for hydroxylation is 1. The maximum Gasteiger partial charge on any atom is 0.319 e. The average molecular weight is 359 g/mol. The number of nitro benzene ring substituents is 1. The quantitative estimate of drug-likeness (QED) is 0.250. The summed E-state index contributed by atoms with van der Waals surface area (Å²) in [6.45, 7) is 2.37. The van der Waals surface area contributed by atoms with Crippen LogP contribution in [-0.4, -0.2) is 51.3 Å². The van der Waals surface area contributed by atoms with E-state index in [1.807, 2.05) is 0 Å². The minimum atomic E-state index is -3.56. The molecule has 1 aromatic rings. The first-order valence-electron chi connectivity index (χ1n) is 7.41. The number of ether oxygens (including phenoxy) is 1. The number of hydrogen-bond donors (Lipinski definition) is 2. The van der Waals surface area contributed by atoms with E-state index < -0.39 is 20.9 Å². The van der Waals surface area contributed by atoms with Crippen LogP contribution in [0.3, 0.4) is 0 Å². The maximum atomic E-state index is 11.9. The number of carbonyl (C=O) groups is 1. The number of esters is 1. The summed E-state index contributed by atoms with van der Waals surface area (Å²) < 4.78 is 30.9. The van der Waals surface area contributed by atoms with Crippen molar-refractivity contribution in [3.63, 3.8) is 0 Å². The van der Waals surface area contributed by atoms with E-state index in [2.05, 4.69) is 10.0 Å². The molecular weight excluding hydrogens is 338 g/mol. The Kier molecular flexibility index (Phi) is 8.30. The number of nitrogens with one attached hydrogen (secondary N) is 2. The van der Waals surface area contributed by atoms with Crippen LogP contribution in [0.5, 0.6) is 0 Å². The molecule has 0 radical (unpaired) electrons. The van der Waals surface area contributed by atoms with Crippen molar-refractivity contribution in [2.75, 3.05) is 32.0 Å². The van der Waals surface area contributed by atoms with Crippen LogP contribution < -0.4 is 10.0 Å². The molecule has 0 bridgehead atoms. The molecule has 134 valence electrons. The number of nitrogens with zero attached hydrogens (tertiary/aromatic N) is 1. The smallest absolute Gasteiger partial charge is 0.319 e. The van der Waals surface area contributed by atoms with Crippen molar-refractivity contribution >= 4 is 21.7 Å². The second-order valence-electron chi connectivity index (χ2n) is 4.83. The monoisotopic (exact) mass is 359 g/mol. The van der Waals surface area contributed by atoms with Crippen LogP contribution in [0, 0.1) is 10.1 Å². The molecule has 0 unspecified atom stereocenters. The zero-order valence-corrected chi connectivity index (χ0v) is 14.2. The number of sulfonamides is 1. The molecule has 10 heteroatoms. The lowest BCUT2D eigenvalue weighted by atomic mass is 10.1. The summed E-state index contributed by atoms with van der Waals surface area (Å²) in [6.07, 6.45) is 0.0444. The van der Waals surface area contributed by atoms with Crippen LogP contribution in [0.15, 0.2) is 24.3 Å². The van der Waals surface area contributed by atoms with Crippen molar-refractivity contribution in [2.24, 2.45) is 0 Å². The Morgan fingerprint density at radius 2 is 2.00 bits per heavy atom. The number of para-hydroxylation sites is 1. The first kappa shape index (κ1) is 20.0. The molecular formula is C14H21N3O6S. The molecule has 0 amide bonds. The van der Waals surface area contributed by atoms with Gasteiger partial charge in [-0.2, -0.15) is 0 Å². The summed E-state index contributed by atoms with van der Waals surface area (Å²) in [6, 6.07) is 6.04. The summed E-state index contributed by atoms with van der Waals surface area (Å²) in [5.74, 6) is -0.660. The van der Waals surface area contributed by atoms with E-state index >= 15 is 0 Å². The van der Waals surface area contributed by atoms with Crippen LogP contribution in [-0.2, 0) is 26.0 Å². The van der Waals surface area contributed by atoms with Crippen molar-refractivity contribution in [1.82, 2.24) is 10.0 Å². The number of carbonyl (C=O) groups excluding carboxylic acids is 1. The summed E-state index contributed by atoms with van der Waals surface area (Å²) >= 11 is 0. The predicted molar refractivity (Wildman–Crippen MR) is 88.1 cm³/mol. The molecule has 0 atom stereocenters. The van der Waals surface area contributed by atoms with E-state index in [1.54, 1.807) is 13.0 Å². The molecule has 0 aliphatic rings. The molecule has 0 fully saturated rings. The zero-order chi connectivity index (χ0) is 18.0. The van der Waals surface area contributed by atoms with Gasteiger partial charge in [0.1, 0.15) is 0 Å². The van der Waals surface area contributed by atoms with Gasteiger partial charge in [-0.3, -0.25) is 14.9 Å². The fourth-order valence-electron chi connectivity index (χ4n) is 1.91. The SMILES string of the molecule is CCOC(=O)CNCCNS(=O)(=O)CCc1ccccc1[N+](=O)[O-]. The van der Waals surface area contributed by atoms with Gasteiger partial charge >= 0.3 is 5.97 Å². The lowest BCUT2D eigenvalue weighted by molar-refractivity contribution is -0.385. The Hall–Kier alpha value is -2.04. The Morgan fingerprint density at radius 3 is 2.67 bits per heavy atom. The third kappa shape index (κ3) is 7.49. The van der Waals surface area contributed by atoms with Gasteiger partial charge in [0.2, 0.25) is 10.0 Å². The molecule has 0 saturated heterocycles. The largest absolute Gasteiger partial charge is 0.465 e. The van der Waals surface area contributed by atoms with Gasteiger partial charge in [-0.1, -0.05) is 18.2 Å². The third-order valence-corrected chi connectivity index (χ3v) is 4.41. The van der Waals surface area contributed by atoms with Gasteiger partial charge in [0, 0.05) is 24.7 Å². The van der Waals surface area contributed by atoms with Gasteiger partial charge in [0.15, 0.2) is 0 Å². The summed E-state index contributed by atoms with van der Waals surface area (Å²) in [4.78, 5) is 21.4. The summed E-state index contributed by atoms with van der Waals surface area (Å²) in [7, 11) is -3.56. The van der Waals surface area contributed by atoms with Crippen molar-refractivity contribution in [3.05, 3.63) is 39.9 Å². The van der Waals surface area contributed by atoms with Gasteiger partial charge in [-0.25, -0.2) is 13.1 Å². The maximum absolute atomic E-state index is 11.9. The molecule has 1 aromatic carbocycles. The van der Waals surface area contributed by atoms with Crippen molar-refractivity contribution < 1.29 is 22.9 Å². The first-order valence-corrected chi connectivity index (χ1v) is 9.07. The van der Waals surface area contributed by atoms with Gasteiger partial charge in [0.05, 0.1) is 23.8 Å². The Balaban J connectivity index is 2.37. The normalized spacial score (nSPS) is 11.2. The number of hydrogen-bond acceptors (Lipinski definition) is 7. The molecule has 1 rings (SSSR count). The second kappa shape index (κ2) is 9.96. The van der Waals surface area contributed by atoms with Crippen molar-refractivity contribution in [3.8, 4) is 0 Å². The van der Waals surface area contributed by atoms with Crippen LogP contribution in [0.1, 0.15) is 12.5 Å². The highest BCUT2D eigenvalue weighted by Crippen LogP contribution is 2.18. The van der Waals surface area contributed by atoms with Crippen LogP contribution in [0.2, 0.25) is 0 Å². The van der Waals surface area contributed by atoms with Crippen molar-refractivity contribution in [1.29, 1.82) is 0 Å². The standard InChI is InChI=1S/C14H21N3O6S/c1-2-23-14(18)11-15-8-9-16-24(21,22)10-7-12-5-3-4-6-13(12)17(19)20/h3-6,15-16H,2,7-11H2,1H3. The topological polar surface area (TPSA) is 128 Å². The van der Waals surface area contributed by atoms with Crippen LogP contribution in [0.4, 0.5) is 5.69 Å².